The Morgan fingerprint density at radius 3 is 2.82 bits per heavy atom. The SMILES string of the molecule is N#CC[C@H](N)c1c[nH]cc1N. The smallest absolute Gasteiger partial charge is 0.0641 e. The normalized spacial score (nSPS) is 12.4. The van der Waals surface area contributed by atoms with E-state index >= 15 is 0 Å². The van der Waals surface area contributed by atoms with Crippen LogP contribution in [0.1, 0.15) is 18.0 Å². The first-order valence-electron chi connectivity index (χ1n) is 3.30. The van der Waals surface area contributed by atoms with Crippen molar-refractivity contribution in [1.29, 1.82) is 5.26 Å². The Labute approximate surface area is 64.8 Å². The van der Waals surface area contributed by atoms with Gasteiger partial charge in [-0.25, -0.2) is 0 Å². The summed E-state index contributed by atoms with van der Waals surface area (Å²) in [5, 5.41) is 8.35. The lowest BCUT2D eigenvalue weighted by molar-refractivity contribution is 0.752. The van der Waals surface area contributed by atoms with E-state index in [2.05, 4.69) is 4.98 Å². The third kappa shape index (κ3) is 1.51. The van der Waals surface area contributed by atoms with Gasteiger partial charge in [-0.2, -0.15) is 5.26 Å². The van der Waals surface area contributed by atoms with Crippen LogP contribution in [0.5, 0.6) is 0 Å². The average Bonchev–Trinajstić information content (AvgIpc) is 2.36. The van der Waals surface area contributed by atoms with Gasteiger partial charge in [-0.05, 0) is 0 Å². The summed E-state index contributed by atoms with van der Waals surface area (Å²) in [6, 6.07) is 1.72. The fourth-order valence-corrected chi connectivity index (χ4v) is 0.917. The van der Waals surface area contributed by atoms with Crippen LogP contribution >= 0.6 is 0 Å². The number of nitrogens with two attached hydrogens (primary N) is 2. The molecule has 11 heavy (non-hydrogen) atoms. The maximum atomic E-state index is 8.35. The second kappa shape index (κ2) is 3.08. The number of nitrogens with zero attached hydrogens (tertiary/aromatic N) is 1. The summed E-state index contributed by atoms with van der Waals surface area (Å²) in [6.07, 6.45) is 3.67. The minimum Gasteiger partial charge on any atom is -0.397 e. The Morgan fingerprint density at radius 2 is 2.36 bits per heavy atom. The van der Waals surface area contributed by atoms with Crippen molar-refractivity contribution in [3.05, 3.63) is 18.0 Å². The molecule has 1 rings (SSSR count). The number of rotatable bonds is 2. The van der Waals surface area contributed by atoms with Crippen LogP contribution in [0.25, 0.3) is 0 Å². The van der Waals surface area contributed by atoms with Crippen molar-refractivity contribution in [3.63, 3.8) is 0 Å². The van der Waals surface area contributed by atoms with E-state index in [1.807, 2.05) is 6.07 Å². The van der Waals surface area contributed by atoms with Crippen molar-refractivity contribution in [1.82, 2.24) is 4.98 Å². The largest absolute Gasteiger partial charge is 0.397 e. The third-order valence-electron chi connectivity index (χ3n) is 1.52. The van der Waals surface area contributed by atoms with Crippen molar-refractivity contribution < 1.29 is 0 Å². The molecule has 0 radical (unpaired) electrons. The number of aromatic amines is 1. The molecule has 4 nitrogen and oxygen atoms in total. The molecule has 0 saturated heterocycles. The maximum absolute atomic E-state index is 8.35. The van der Waals surface area contributed by atoms with Crippen LogP contribution in [0.15, 0.2) is 12.4 Å². The second-order valence-corrected chi connectivity index (χ2v) is 2.33. The van der Waals surface area contributed by atoms with Gasteiger partial charge in [0.15, 0.2) is 0 Å². The molecule has 0 spiro atoms. The minimum absolute atomic E-state index is 0.272. The molecule has 1 aromatic heterocycles. The lowest BCUT2D eigenvalue weighted by Gasteiger charge is -2.04. The predicted molar refractivity (Wildman–Crippen MR) is 42.4 cm³/mol. The summed E-state index contributed by atoms with van der Waals surface area (Å²) in [5.41, 5.74) is 12.6. The van der Waals surface area contributed by atoms with Crippen molar-refractivity contribution in [2.45, 2.75) is 12.5 Å². The Kier molecular flexibility index (Phi) is 2.14. The van der Waals surface area contributed by atoms with Crippen molar-refractivity contribution in [2.24, 2.45) is 5.73 Å². The number of anilines is 1. The molecule has 0 aliphatic carbocycles. The highest BCUT2D eigenvalue weighted by Gasteiger charge is 2.08. The predicted octanol–water partition coefficient (Wildman–Crippen LogP) is 0.510. The number of nitrogens with one attached hydrogen (secondary N) is 1. The van der Waals surface area contributed by atoms with E-state index in [1.165, 1.54) is 0 Å². The highest BCUT2D eigenvalue weighted by molar-refractivity contribution is 5.46. The first-order valence-corrected chi connectivity index (χ1v) is 3.30. The topological polar surface area (TPSA) is 91.6 Å². The quantitative estimate of drug-likeness (QED) is 0.573. The Morgan fingerprint density at radius 1 is 1.64 bits per heavy atom. The van der Waals surface area contributed by atoms with Crippen LogP contribution in [0.2, 0.25) is 0 Å². The molecule has 0 unspecified atom stereocenters. The molecule has 0 aliphatic rings. The summed E-state index contributed by atoms with van der Waals surface area (Å²) in [7, 11) is 0. The summed E-state index contributed by atoms with van der Waals surface area (Å²) in [4.78, 5) is 2.82. The minimum atomic E-state index is -0.272. The van der Waals surface area contributed by atoms with Crippen LogP contribution in [0, 0.1) is 11.3 Å². The molecule has 5 N–H and O–H groups in total. The molecule has 0 aromatic carbocycles. The monoisotopic (exact) mass is 150 g/mol. The van der Waals surface area contributed by atoms with E-state index in [0.29, 0.717) is 12.1 Å². The van der Waals surface area contributed by atoms with Crippen LogP contribution in [0.3, 0.4) is 0 Å². The van der Waals surface area contributed by atoms with Gasteiger partial charge in [0.1, 0.15) is 0 Å². The molecular formula is C7H10N4. The van der Waals surface area contributed by atoms with Gasteiger partial charge in [0.2, 0.25) is 0 Å². The zero-order valence-corrected chi connectivity index (χ0v) is 6.04. The van der Waals surface area contributed by atoms with E-state index in [9.17, 15) is 0 Å². The fourth-order valence-electron chi connectivity index (χ4n) is 0.917. The first-order chi connectivity index (χ1) is 5.25. The third-order valence-corrected chi connectivity index (χ3v) is 1.52. The van der Waals surface area contributed by atoms with E-state index in [1.54, 1.807) is 12.4 Å². The van der Waals surface area contributed by atoms with Gasteiger partial charge in [-0.3, -0.25) is 0 Å². The zero-order chi connectivity index (χ0) is 8.27. The standard InChI is InChI=1S/C7H10N4/c8-2-1-6(9)5-3-11-4-7(5)10/h3-4,6,11H,1,9-10H2/t6-/m0/s1. The van der Waals surface area contributed by atoms with Crippen LogP contribution in [0.4, 0.5) is 5.69 Å². The Hall–Kier alpha value is -1.47. The molecule has 1 atom stereocenters. The van der Waals surface area contributed by atoms with E-state index < -0.39 is 0 Å². The summed E-state index contributed by atoms with van der Waals surface area (Å²) in [5.74, 6) is 0. The molecule has 1 aromatic rings. The summed E-state index contributed by atoms with van der Waals surface area (Å²) < 4.78 is 0. The molecule has 0 amide bonds. The highest BCUT2D eigenvalue weighted by Crippen LogP contribution is 2.19. The number of hydrogen-bond donors (Lipinski definition) is 3. The van der Waals surface area contributed by atoms with Gasteiger partial charge in [0.25, 0.3) is 0 Å². The van der Waals surface area contributed by atoms with Gasteiger partial charge < -0.3 is 16.5 Å². The second-order valence-electron chi connectivity index (χ2n) is 2.33. The van der Waals surface area contributed by atoms with E-state index in [0.717, 1.165) is 5.56 Å². The molecule has 0 fully saturated rings. The van der Waals surface area contributed by atoms with Crippen LogP contribution < -0.4 is 11.5 Å². The van der Waals surface area contributed by atoms with Gasteiger partial charge in [-0.15, -0.1) is 0 Å². The van der Waals surface area contributed by atoms with Crippen molar-refractivity contribution in [3.8, 4) is 6.07 Å². The van der Waals surface area contributed by atoms with Gasteiger partial charge in [0, 0.05) is 24.0 Å². The van der Waals surface area contributed by atoms with Crippen LogP contribution in [-0.4, -0.2) is 4.98 Å². The number of aromatic nitrogens is 1. The highest BCUT2D eigenvalue weighted by atomic mass is 14.8. The van der Waals surface area contributed by atoms with Crippen LogP contribution in [-0.2, 0) is 0 Å². The zero-order valence-electron chi connectivity index (χ0n) is 6.04. The molecule has 4 heteroatoms. The van der Waals surface area contributed by atoms with E-state index in [4.69, 9.17) is 16.7 Å². The fraction of sp³-hybridized carbons (Fsp3) is 0.286. The Balaban J connectivity index is 2.77. The average molecular weight is 150 g/mol. The number of hydrogen-bond acceptors (Lipinski definition) is 3. The molecule has 0 saturated carbocycles. The van der Waals surface area contributed by atoms with E-state index in [-0.39, 0.29) is 6.04 Å². The summed E-state index contributed by atoms with van der Waals surface area (Å²) >= 11 is 0. The number of nitrogen functional groups attached to an aromatic ring is 1. The van der Waals surface area contributed by atoms with Crippen molar-refractivity contribution >= 4 is 5.69 Å². The molecule has 0 bridgehead atoms. The number of nitriles is 1. The van der Waals surface area contributed by atoms with Crippen molar-refractivity contribution in [2.75, 3.05) is 5.73 Å². The molecule has 0 aliphatic heterocycles. The molecular weight excluding hydrogens is 140 g/mol. The van der Waals surface area contributed by atoms with Gasteiger partial charge in [-0.1, -0.05) is 0 Å². The maximum Gasteiger partial charge on any atom is 0.0641 e. The van der Waals surface area contributed by atoms with Gasteiger partial charge >= 0.3 is 0 Å². The molecule has 1 heterocycles. The lowest BCUT2D eigenvalue weighted by atomic mass is 10.1. The van der Waals surface area contributed by atoms with Gasteiger partial charge in [0.05, 0.1) is 18.2 Å². The lowest BCUT2D eigenvalue weighted by Crippen LogP contribution is -2.09. The summed E-state index contributed by atoms with van der Waals surface area (Å²) in [6.45, 7) is 0. The first kappa shape index (κ1) is 7.63. The molecule has 58 valence electrons. The number of H-pyrrole nitrogens is 1. The Bertz CT molecular complexity index is 270.